The lowest BCUT2D eigenvalue weighted by atomic mass is 10.2. The number of carboxylic acids is 1. The normalized spacial score (nSPS) is 15.8. The summed E-state index contributed by atoms with van der Waals surface area (Å²) < 4.78 is 10.3. The second kappa shape index (κ2) is 7.11. The predicted octanol–water partition coefficient (Wildman–Crippen LogP) is 3.44. The van der Waals surface area contributed by atoms with Crippen LogP contribution in [0, 0.1) is 0 Å². The van der Waals surface area contributed by atoms with E-state index in [-0.39, 0.29) is 11.8 Å². The van der Waals surface area contributed by atoms with Crippen molar-refractivity contribution in [2.24, 2.45) is 0 Å². The summed E-state index contributed by atoms with van der Waals surface area (Å²) in [5.41, 5.74) is 0.620. The van der Waals surface area contributed by atoms with Gasteiger partial charge in [-0.3, -0.25) is 0 Å². The summed E-state index contributed by atoms with van der Waals surface area (Å²) >= 11 is 1.20. The smallest absolute Gasteiger partial charge is 0.410 e. The van der Waals surface area contributed by atoms with Crippen LogP contribution in [0.4, 0.5) is 10.5 Å². The Morgan fingerprint density at radius 1 is 1.19 bits per heavy atom. The molecule has 1 aliphatic rings. The van der Waals surface area contributed by atoms with Crippen LogP contribution >= 0.6 is 11.5 Å². The Labute approximate surface area is 156 Å². The summed E-state index contributed by atoms with van der Waals surface area (Å²) in [6, 6.07) is 5.71. The maximum atomic E-state index is 12.3. The number of anilines is 1. The molecule has 0 aliphatic carbocycles. The number of hydrogen-bond donors (Lipinski definition) is 1. The van der Waals surface area contributed by atoms with Gasteiger partial charge in [-0.05, 0) is 56.9 Å². The zero-order valence-electron chi connectivity index (χ0n) is 15.2. The van der Waals surface area contributed by atoms with E-state index < -0.39 is 11.6 Å². The highest BCUT2D eigenvalue weighted by Crippen LogP contribution is 2.28. The van der Waals surface area contributed by atoms with Crippen molar-refractivity contribution >= 4 is 39.4 Å². The van der Waals surface area contributed by atoms with Crippen LogP contribution in [-0.4, -0.2) is 58.2 Å². The third-order valence-electron chi connectivity index (χ3n) is 4.17. The minimum absolute atomic E-state index is 0.100. The number of aromatic carboxylic acids is 1. The topological polar surface area (TPSA) is 83.0 Å². The van der Waals surface area contributed by atoms with Gasteiger partial charge in [-0.2, -0.15) is 4.37 Å². The maximum Gasteiger partial charge on any atom is 0.410 e. The molecule has 1 aliphatic heterocycles. The molecule has 7 nitrogen and oxygen atoms in total. The molecular weight excluding hydrogens is 354 g/mol. The van der Waals surface area contributed by atoms with Crippen molar-refractivity contribution < 1.29 is 19.4 Å². The second-order valence-corrected chi connectivity index (χ2v) is 8.13. The molecule has 3 rings (SSSR count). The van der Waals surface area contributed by atoms with Crippen LogP contribution in [0.1, 0.15) is 37.7 Å². The van der Waals surface area contributed by atoms with Crippen molar-refractivity contribution in [2.75, 3.05) is 31.1 Å². The van der Waals surface area contributed by atoms with Gasteiger partial charge in [0.2, 0.25) is 0 Å². The number of carbonyl (C=O) groups is 2. The number of aromatic nitrogens is 1. The average molecular weight is 377 g/mol. The van der Waals surface area contributed by atoms with E-state index in [1.54, 1.807) is 4.90 Å². The number of nitrogens with zero attached hydrogens (tertiary/aromatic N) is 3. The highest BCUT2D eigenvalue weighted by Gasteiger charge is 2.25. The van der Waals surface area contributed by atoms with Gasteiger partial charge in [-0.15, -0.1) is 0 Å². The van der Waals surface area contributed by atoms with Crippen LogP contribution in [-0.2, 0) is 4.74 Å². The van der Waals surface area contributed by atoms with Gasteiger partial charge in [0, 0.05) is 37.3 Å². The van der Waals surface area contributed by atoms with Crippen LogP contribution < -0.4 is 4.90 Å². The van der Waals surface area contributed by atoms with Gasteiger partial charge >= 0.3 is 12.1 Å². The van der Waals surface area contributed by atoms with Crippen molar-refractivity contribution in [3.63, 3.8) is 0 Å². The molecule has 1 amide bonds. The van der Waals surface area contributed by atoms with Gasteiger partial charge in [-0.1, -0.05) is 0 Å². The minimum atomic E-state index is -1.01. The highest BCUT2D eigenvalue weighted by molar-refractivity contribution is 7.13. The number of hydrogen-bond acceptors (Lipinski definition) is 6. The first-order chi connectivity index (χ1) is 12.2. The molecule has 26 heavy (non-hydrogen) atoms. The molecule has 1 aromatic carbocycles. The molecule has 0 radical (unpaired) electrons. The maximum absolute atomic E-state index is 12.3. The van der Waals surface area contributed by atoms with Gasteiger partial charge in [0.05, 0.1) is 4.70 Å². The first-order valence-electron chi connectivity index (χ1n) is 8.60. The van der Waals surface area contributed by atoms with Crippen molar-refractivity contribution in [1.82, 2.24) is 9.27 Å². The van der Waals surface area contributed by atoms with Crippen molar-refractivity contribution in [1.29, 1.82) is 0 Å². The van der Waals surface area contributed by atoms with Crippen molar-refractivity contribution in [3.05, 3.63) is 23.9 Å². The fourth-order valence-electron chi connectivity index (χ4n) is 2.96. The number of amides is 1. The molecule has 8 heteroatoms. The lowest BCUT2D eigenvalue weighted by Crippen LogP contribution is -2.39. The van der Waals surface area contributed by atoms with E-state index in [1.165, 1.54) is 11.5 Å². The fourth-order valence-corrected chi connectivity index (χ4v) is 3.76. The van der Waals surface area contributed by atoms with Gasteiger partial charge in [0.25, 0.3) is 0 Å². The van der Waals surface area contributed by atoms with E-state index in [0.29, 0.717) is 25.0 Å². The van der Waals surface area contributed by atoms with Crippen LogP contribution in [0.15, 0.2) is 18.2 Å². The monoisotopic (exact) mass is 377 g/mol. The van der Waals surface area contributed by atoms with Crippen LogP contribution in [0.5, 0.6) is 0 Å². The highest BCUT2D eigenvalue weighted by atomic mass is 32.1. The summed E-state index contributed by atoms with van der Waals surface area (Å²) in [4.78, 5) is 27.4. The van der Waals surface area contributed by atoms with Gasteiger partial charge in [0.15, 0.2) is 5.69 Å². The summed E-state index contributed by atoms with van der Waals surface area (Å²) in [5.74, 6) is -1.01. The molecule has 1 saturated heterocycles. The number of carboxylic acid groups (broad SMARTS) is 1. The molecule has 0 bridgehead atoms. The lowest BCUT2D eigenvalue weighted by molar-refractivity contribution is 0.0263. The summed E-state index contributed by atoms with van der Waals surface area (Å²) in [5, 5.41) is 9.84. The molecular formula is C18H23N3O4S. The second-order valence-electron chi connectivity index (χ2n) is 7.32. The number of rotatable bonds is 2. The standard InChI is InChI=1S/C18H23N3O4S/c1-18(2,3)25-17(24)21-8-4-7-20(9-10-21)12-5-6-13-14(11-12)26-19-15(13)16(22)23/h5-6,11H,4,7-10H2,1-3H3,(H,22,23). The first-order valence-corrected chi connectivity index (χ1v) is 9.37. The molecule has 0 saturated carbocycles. The largest absolute Gasteiger partial charge is 0.476 e. The van der Waals surface area contributed by atoms with Crippen LogP contribution in [0.25, 0.3) is 10.1 Å². The Kier molecular flexibility index (Phi) is 5.04. The van der Waals surface area contributed by atoms with Gasteiger partial charge in [-0.25, -0.2) is 9.59 Å². The first kappa shape index (κ1) is 18.4. The fraction of sp³-hybridized carbons (Fsp3) is 0.500. The number of fused-ring (bicyclic) bond motifs is 1. The van der Waals surface area contributed by atoms with E-state index in [0.717, 1.165) is 23.4 Å². The third kappa shape index (κ3) is 4.07. The Bertz CT molecular complexity index is 827. The molecule has 140 valence electrons. The number of benzene rings is 1. The lowest BCUT2D eigenvalue weighted by Gasteiger charge is -2.27. The Balaban J connectivity index is 1.72. The number of carbonyl (C=O) groups excluding carboxylic acids is 1. The van der Waals surface area contributed by atoms with Gasteiger partial charge in [0.1, 0.15) is 5.60 Å². The van der Waals surface area contributed by atoms with E-state index in [1.807, 2.05) is 39.0 Å². The Morgan fingerprint density at radius 3 is 2.65 bits per heavy atom. The van der Waals surface area contributed by atoms with E-state index in [9.17, 15) is 14.7 Å². The number of ether oxygens (including phenoxy) is 1. The summed E-state index contributed by atoms with van der Waals surface area (Å²) in [7, 11) is 0. The predicted molar refractivity (Wildman–Crippen MR) is 101 cm³/mol. The van der Waals surface area contributed by atoms with Gasteiger partial charge < -0.3 is 19.6 Å². The molecule has 0 unspecified atom stereocenters. The summed E-state index contributed by atoms with van der Waals surface area (Å²) in [6.07, 6.45) is 0.573. The average Bonchev–Trinajstić information content (AvgIpc) is 2.81. The third-order valence-corrected chi connectivity index (χ3v) is 4.98. The van der Waals surface area contributed by atoms with Crippen molar-refractivity contribution in [3.8, 4) is 0 Å². The molecule has 1 aromatic heterocycles. The quantitative estimate of drug-likeness (QED) is 0.863. The SMILES string of the molecule is CC(C)(C)OC(=O)N1CCCN(c2ccc3c(C(=O)O)nsc3c2)CC1. The summed E-state index contributed by atoms with van der Waals surface area (Å²) in [6.45, 7) is 8.39. The minimum Gasteiger partial charge on any atom is -0.476 e. The molecule has 0 atom stereocenters. The van der Waals surface area contributed by atoms with Crippen LogP contribution in [0.2, 0.25) is 0 Å². The molecule has 2 heterocycles. The van der Waals surface area contributed by atoms with E-state index in [2.05, 4.69) is 9.27 Å². The molecule has 0 spiro atoms. The molecule has 1 fully saturated rings. The molecule has 2 aromatic rings. The van der Waals surface area contributed by atoms with E-state index in [4.69, 9.17) is 4.74 Å². The Morgan fingerprint density at radius 2 is 1.96 bits per heavy atom. The van der Waals surface area contributed by atoms with Crippen LogP contribution in [0.3, 0.4) is 0 Å². The Hall–Kier alpha value is -2.35. The van der Waals surface area contributed by atoms with E-state index >= 15 is 0 Å². The molecule has 1 N–H and O–H groups in total. The van der Waals surface area contributed by atoms with Crippen molar-refractivity contribution in [2.45, 2.75) is 32.8 Å². The zero-order chi connectivity index (χ0) is 18.9. The zero-order valence-corrected chi connectivity index (χ0v) is 16.0.